The number of rotatable bonds is 9. The van der Waals surface area contributed by atoms with Gasteiger partial charge in [0.2, 0.25) is 5.91 Å². The van der Waals surface area contributed by atoms with Crippen LogP contribution in [0.15, 0.2) is 72.8 Å². The standard InChI is InChI=1S/C26H26Cl2N2O3/c1-18-13-22(11-12-23(18)28)33-17-25(31)30(16-20-9-6-10-21(27)14-20)24(26(32)29-2)15-19-7-4-3-5-8-19/h3-14,24H,15-17H2,1-2H3,(H,29,32). The number of likely N-dealkylation sites (N-methyl/N-ethyl adjacent to an activating group) is 1. The fourth-order valence-electron chi connectivity index (χ4n) is 3.49. The Hall–Kier alpha value is -3.02. The van der Waals surface area contributed by atoms with Crippen molar-refractivity contribution in [3.05, 3.63) is 99.5 Å². The number of nitrogens with one attached hydrogen (secondary N) is 1. The minimum absolute atomic E-state index is 0.216. The maximum Gasteiger partial charge on any atom is 0.261 e. The Morgan fingerprint density at radius 3 is 2.36 bits per heavy atom. The summed E-state index contributed by atoms with van der Waals surface area (Å²) in [6, 6.07) is 21.3. The van der Waals surface area contributed by atoms with Crippen molar-refractivity contribution in [2.75, 3.05) is 13.7 Å². The zero-order chi connectivity index (χ0) is 23.8. The number of benzene rings is 3. The molecule has 7 heteroatoms. The summed E-state index contributed by atoms with van der Waals surface area (Å²) in [6.07, 6.45) is 0.368. The van der Waals surface area contributed by atoms with E-state index in [0.29, 0.717) is 22.2 Å². The minimum Gasteiger partial charge on any atom is -0.484 e. The molecular weight excluding hydrogens is 459 g/mol. The van der Waals surface area contributed by atoms with Gasteiger partial charge in [0.1, 0.15) is 11.8 Å². The zero-order valence-corrected chi connectivity index (χ0v) is 20.1. The lowest BCUT2D eigenvalue weighted by Crippen LogP contribution is -2.51. The summed E-state index contributed by atoms with van der Waals surface area (Å²) in [7, 11) is 1.56. The molecule has 1 unspecified atom stereocenters. The van der Waals surface area contributed by atoms with Gasteiger partial charge in [0.15, 0.2) is 6.61 Å². The average molecular weight is 485 g/mol. The van der Waals surface area contributed by atoms with E-state index >= 15 is 0 Å². The normalized spacial score (nSPS) is 11.5. The fraction of sp³-hybridized carbons (Fsp3) is 0.231. The number of ether oxygens (including phenoxy) is 1. The lowest BCUT2D eigenvalue weighted by molar-refractivity contribution is -0.142. The second kappa shape index (κ2) is 11.7. The Kier molecular flexibility index (Phi) is 8.75. The van der Waals surface area contributed by atoms with Crippen molar-refractivity contribution in [3.63, 3.8) is 0 Å². The summed E-state index contributed by atoms with van der Waals surface area (Å²) in [5.41, 5.74) is 2.62. The number of halogens is 2. The van der Waals surface area contributed by atoms with Crippen molar-refractivity contribution in [2.45, 2.75) is 25.9 Å². The van der Waals surface area contributed by atoms with Crippen molar-refractivity contribution in [2.24, 2.45) is 0 Å². The maximum absolute atomic E-state index is 13.4. The summed E-state index contributed by atoms with van der Waals surface area (Å²) in [5.74, 6) is -0.0313. The van der Waals surface area contributed by atoms with Gasteiger partial charge in [-0.15, -0.1) is 0 Å². The molecule has 33 heavy (non-hydrogen) atoms. The Morgan fingerprint density at radius 1 is 0.970 bits per heavy atom. The van der Waals surface area contributed by atoms with E-state index in [9.17, 15) is 9.59 Å². The van der Waals surface area contributed by atoms with E-state index in [-0.39, 0.29) is 25.0 Å². The highest BCUT2D eigenvalue weighted by atomic mass is 35.5. The highest BCUT2D eigenvalue weighted by Crippen LogP contribution is 2.22. The molecule has 0 fully saturated rings. The Balaban J connectivity index is 1.87. The van der Waals surface area contributed by atoms with Gasteiger partial charge in [0.25, 0.3) is 5.91 Å². The molecule has 3 rings (SSSR count). The first-order chi connectivity index (χ1) is 15.9. The second-order valence-electron chi connectivity index (χ2n) is 7.67. The quantitative estimate of drug-likeness (QED) is 0.461. The molecule has 2 amide bonds. The smallest absolute Gasteiger partial charge is 0.261 e. The molecule has 0 heterocycles. The molecule has 0 radical (unpaired) electrons. The third-order valence-electron chi connectivity index (χ3n) is 5.25. The average Bonchev–Trinajstić information content (AvgIpc) is 2.82. The number of hydrogen-bond acceptors (Lipinski definition) is 3. The predicted octanol–water partition coefficient (Wildman–Crippen LogP) is 5.07. The molecule has 0 aliphatic heterocycles. The lowest BCUT2D eigenvalue weighted by atomic mass is 10.0. The molecule has 0 aromatic heterocycles. The number of aryl methyl sites for hydroxylation is 1. The van der Waals surface area contributed by atoms with Crippen LogP contribution in [0.5, 0.6) is 5.75 Å². The molecule has 0 bridgehead atoms. The number of amides is 2. The summed E-state index contributed by atoms with van der Waals surface area (Å²) >= 11 is 12.2. The Morgan fingerprint density at radius 2 is 1.70 bits per heavy atom. The molecule has 0 aliphatic rings. The van der Waals surface area contributed by atoms with Gasteiger partial charge >= 0.3 is 0 Å². The van der Waals surface area contributed by atoms with Crippen molar-refractivity contribution >= 4 is 35.0 Å². The zero-order valence-electron chi connectivity index (χ0n) is 18.6. The van der Waals surface area contributed by atoms with Crippen LogP contribution < -0.4 is 10.1 Å². The van der Waals surface area contributed by atoms with Crippen molar-refractivity contribution in [1.82, 2.24) is 10.2 Å². The van der Waals surface area contributed by atoms with Crippen LogP contribution >= 0.6 is 23.2 Å². The van der Waals surface area contributed by atoms with Crippen LogP contribution in [0, 0.1) is 6.92 Å². The first-order valence-corrected chi connectivity index (χ1v) is 11.3. The van der Waals surface area contributed by atoms with Crippen LogP contribution in [0.1, 0.15) is 16.7 Å². The summed E-state index contributed by atoms with van der Waals surface area (Å²) in [6.45, 7) is 1.86. The van der Waals surface area contributed by atoms with Crippen molar-refractivity contribution < 1.29 is 14.3 Å². The number of carbonyl (C=O) groups is 2. The van der Waals surface area contributed by atoms with E-state index in [1.165, 1.54) is 0 Å². The number of hydrogen-bond donors (Lipinski definition) is 1. The topological polar surface area (TPSA) is 58.6 Å². The number of carbonyl (C=O) groups excluding carboxylic acids is 2. The van der Waals surface area contributed by atoms with Gasteiger partial charge in [-0.3, -0.25) is 9.59 Å². The van der Waals surface area contributed by atoms with Crippen LogP contribution in [0.2, 0.25) is 10.0 Å². The molecule has 1 atom stereocenters. The van der Waals surface area contributed by atoms with Crippen molar-refractivity contribution in [1.29, 1.82) is 0 Å². The van der Waals surface area contributed by atoms with Crippen molar-refractivity contribution in [3.8, 4) is 5.75 Å². The van der Waals surface area contributed by atoms with Crippen LogP contribution in [0.4, 0.5) is 0 Å². The van der Waals surface area contributed by atoms with Crippen LogP contribution in [-0.2, 0) is 22.6 Å². The SMILES string of the molecule is CNC(=O)C(Cc1ccccc1)N(Cc1cccc(Cl)c1)C(=O)COc1ccc(Cl)c(C)c1. The first-order valence-electron chi connectivity index (χ1n) is 10.6. The van der Waals surface area contributed by atoms with Crippen LogP contribution in [-0.4, -0.2) is 36.4 Å². The van der Waals surface area contributed by atoms with E-state index in [2.05, 4.69) is 5.32 Å². The monoisotopic (exact) mass is 484 g/mol. The van der Waals surface area contributed by atoms with Gasteiger partial charge < -0.3 is 15.0 Å². The third-order valence-corrected chi connectivity index (χ3v) is 5.91. The minimum atomic E-state index is -0.723. The first kappa shape index (κ1) is 24.6. The molecule has 3 aromatic rings. The highest BCUT2D eigenvalue weighted by Gasteiger charge is 2.30. The Bertz CT molecular complexity index is 1110. The highest BCUT2D eigenvalue weighted by molar-refractivity contribution is 6.31. The summed E-state index contributed by atoms with van der Waals surface area (Å²) in [4.78, 5) is 27.8. The maximum atomic E-state index is 13.4. The molecule has 0 aliphatic carbocycles. The fourth-order valence-corrected chi connectivity index (χ4v) is 3.82. The molecule has 0 saturated carbocycles. The molecule has 5 nitrogen and oxygen atoms in total. The van der Waals surface area contributed by atoms with Crippen LogP contribution in [0.3, 0.4) is 0 Å². The van der Waals surface area contributed by atoms with E-state index < -0.39 is 6.04 Å². The van der Waals surface area contributed by atoms with Gasteiger partial charge in [-0.05, 0) is 53.9 Å². The summed E-state index contributed by atoms with van der Waals surface area (Å²) < 4.78 is 5.75. The molecule has 1 N–H and O–H groups in total. The molecular formula is C26H26Cl2N2O3. The summed E-state index contributed by atoms with van der Waals surface area (Å²) in [5, 5.41) is 3.88. The molecule has 0 saturated heterocycles. The molecule has 3 aromatic carbocycles. The van der Waals surface area contributed by atoms with Gasteiger partial charge in [0.05, 0.1) is 0 Å². The lowest BCUT2D eigenvalue weighted by Gasteiger charge is -2.31. The Labute approximate surface area is 204 Å². The van der Waals surface area contributed by atoms with Gasteiger partial charge in [0, 0.05) is 30.1 Å². The molecule has 0 spiro atoms. The molecule has 172 valence electrons. The van der Waals surface area contributed by atoms with E-state index in [1.54, 1.807) is 42.3 Å². The van der Waals surface area contributed by atoms with Gasteiger partial charge in [-0.1, -0.05) is 65.7 Å². The van der Waals surface area contributed by atoms with E-state index in [0.717, 1.165) is 16.7 Å². The predicted molar refractivity (Wildman–Crippen MR) is 132 cm³/mol. The van der Waals surface area contributed by atoms with Crippen LogP contribution in [0.25, 0.3) is 0 Å². The van der Waals surface area contributed by atoms with Gasteiger partial charge in [-0.25, -0.2) is 0 Å². The van der Waals surface area contributed by atoms with E-state index in [4.69, 9.17) is 27.9 Å². The largest absolute Gasteiger partial charge is 0.484 e. The van der Waals surface area contributed by atoms with Gasteiger partial charge in [-0.2, -0.15) is 0 Å². The number of nitrogens with zero attached hydrogens (tertiary/aromatic N) is 1. The van der Waals surface area contributed by atoms with E-state index in [1.807, 2.05) is 49.4 Å². The second-order valence-corrected chi connectivity index (χ2v) is 8.51. The third kappa shape index (κ3) is 6.98.